The maximum Gasteiger partial charge on any atom is 0.261 e. The predicted octanol–water partition coefficient (Wildman–Crippen LogP) is 8.44. The highest BCUT2D eigenvalue weighted by Gasteiger charge is 2.27. The fourth-order valence-corrected chi connectivity index (χ4v) is 6.48. The fourth-order valence-electron chi connectivity index (χ4n) is 4.79. The maximum atomic E-state index is 13.5. The van der Waals surface area contributed by atoms with Crippen molar-refractivity contribution >= 4 is 60.7 Å². The van der Waals surface area contributed by atoms with E-state index >= 15 is 0 Å². The Bertz CT molecular complexity index is 1640. The first-order valence-electron chi connectivity index (χ1n) is 13.1. The highest BCUT2D eigenvalue weighted by atomic mass is 79.9. The molecule has 5 rings (SSSR count). The summed E-state index contributed by atoms with van der Waals surface area (Å²) >= 11 is 15.9. The molecule has 0 bridgehead atoms. The molecule has 41 heavy (non-hydrogen) atoms. The van der Waals surface area contributed by atoms with Crippen LogP contribution >= 0.6 is 39.1 Å². The summed E-state index contributed by atoms with van der Waals surface area (Å²) < 4.78 is 35.9. The zero-order valence-corrected chi connectivity index (χ0v) is 25.8. The molecule has 4 aromatic carbocycles. The third-order valence-corrected chi connectivity index (χ3v) is 9.45. The van der Waals surface area contributed by atoms with Crippen LogP contribution in [-0.2, 0) is 16.4 Å². The van der Waals surface area contributed by atoms with Gasteiger partial charge in [0, 0.05) is 22.6 Å². The molecule has 1 heterocycles. The van der Waals surface area contributed by atoms with Crippen LogP contribution in [0.4, 0.5) is 5.69 Å². The lowest BCUT2D eigenvalue weighted by Crippen LogP contribution is -2.39. The first-order chi connectivity index (χ1) is 19.7. The molecule has 1 N–H and O–H groups in total. The second-order valence-corrected chi connectivity index (χ2v) is 13.3. The van der Waals surface area contributed by atoms with Crippen molar-refractivity contribution < 1.29 is 17.9 Å². The molecule has 10 heteroatoms. The van der Waals surface area contributed by atoms with Crippen molar-refractivity contribution in [1.29, 1.82) is 0 Å². The lowest BCUT2D eigenvalue weighted by Gasteiger charge is -2.32. The van der Waals surface area contributed by atoms with Crippen molar-refractivity contribution in [2.75, 3.05) is 17.8 Å². The summed E-state index contributed by atoms with van der Waals surface area (Å²) in [7, 11) is -4.01. The van der Waals surface area contributed by atoms with E-state index in [1.807, 2.05) is 12.1 Å². The summed E-state index contributed by atoms with van der Waals surface area (Å²) in [5.41, 5.74) is 1.66. The SMILES string of the molecule is O=C(c1cc(Cl)ccc1NS(=O)(=O)c1ccc(Oc2ccccc2Cl)cc1)N1CCC(Cc2ccc(Br)cc2)CC1. The predicted molar refractivity (Wildman–Crippen MR) is 167 cm³/mol. The van der Waals surface area contributed by atoms with Crippen LogP contribution in [0.15, 0.2) is 100 Å². The van der Waals surface area contributed by atoms with Gasteiger partial charge in [0.1, 0.15) is 11.5 Å². The molecule has 1 amide bonds. The van der Waals surface area contributed by atoms with Gasteiger partial charge in [-0.3, -0.25) is 9.52 Å². The first kappa shape index (κ1) is 29.5. The van der Waals surface area contributed by atoms with Crippen molar-refractivity contribution in [3.63, 3.8) is 0 Å². The molecule has 1 fully saturated rings. The average molecular weight is 674 g/mol. The molecule has 1 aliphatic rings. The average Bonchev–Trinajstić information content (AvgIpc) is 2.97. The highest BCUT2D eigenvalue weighted by molar-refractivity contribution is 9.10. The van der Waals surface area contributed by atoms with E-state index in [4.69, 9.17) is 27.9 Å². The van der Waals surface area contributed by atoms with E-state index < -0.39 is 10.0 Å². The molecule has 6 nitrogen and oxygen atoms in total. The summed E-state index contributed by atoms with van der Waals surface area (Å²) in [4.78, 5) is 15.3. The third kappa shape index (κ3) is 7.43. The molecular weight excluding hydrogens is 647 g/mol. The number of benzene rings is 4. The Labute approximate surface area is 258 Å². The van der Waals surface area contributed by atoms with Crippen molar-refractivity contribution in [2.45, 2.75) is 24.2 Å². The number of likely N-dealkylation sites (tertiary alicyclic amines) is 1. The number of ether oxygens (including phenoxy) is 1. The third-order valence-electron chi connectivity index (χ3n) is 6.99. The van der Waals surface area contributed by atoms with Crippen molar-refractivity contribution in [2.24, 2.45) is 5.92 Å². The number of carbonyl (C=O) groups excluding carboxylic acids is 1. The number of carbonyl (C=O) groups is 1. The Morgan fingerprint density at radius 1 is 0.927 bits per heavy atom. The van der Waals surface area contributed by atoms with E-state index in [-0.39, 0.29) is 22.1 Å². The van der Waals surface area contributed by atoms with Crippen molar-refractivity contribution in [1.82, 2.24) is 4.90 Å². The number of piperidine rings is 1. The molecule has 1 saturated heterocycles. The van der Waals surface area contributed by atoms with E-state index in [1.165, 1.54) is 29.8 Å². The van der Waals surface area contributed by atoms with Crippen molar-refractivity contribution in [3.8, 4) is 11.5 Å². The lowest BCUT2D eigenvalue weighted by molar-refractivity contribution is 0.0691. The Kier molecular flexibility index (Phi) is 9.24. The van der Waals surface area contributed by atoms with E-state index in [9.17, 15) is 13.2 Å². The second kappa shape index (κ2) is 12.9. The minimum atomic E-state index is -4.01. The van der Waals surface area contributed by atoms with Crippen LogP contribution in [0.25, 0.3) is 0 Å². The Hall–Kier alpha value is -3.04. The molecule has 0 aromatic heterocycles. The lowest BCUT2D eigenvalue weighted by atomic mass is 9.90. The summed E-state index contributed by atoms with van der Waals surface area (Å²) in [6.07, 6.45) is 2.69. The number of anilines is 1. The Morgan fingerprint density at radius 3 is 2.29 bits per heavy atom. The number of halogens is 3. The van der Waals surface area contributed by atoms with E-state index in [0.29, 0.717) is 40.6 Å². The molecule has 0 spiro atoms. The Morgan fingerprint density at radius 2 is 1.61 bits per heavy atom. The number of rotatable bonds is 8. The first-order valence-corrected chi connectivity index (χ1v) is 16.1. The summed E-state index contributed by atoms with van der Waals surface area (Å²) in [6.45, 7) is 1.18. The standard InChI is InChI=1S/C31H27BrCl2N2O4S/c32-23-7-5-21(6-8-23)19-22-15-17-36(18-16-22)31(37)27-20-24(33)9-14-29(27)35-41(38,39)26-12-10-25(11-13-26)40-30-4-2-1-3-28(30)34/h1-14,20,22,35H,15-19H2. The van der Waals surface area contributed by atoms with Gasteiger partial charge in [-0.05, 0) is 97.5 Å². The normalized spacial score (nSPS) is 14.1. The van der Waals surface area contributed by atoms with Gasteiger partial charge in [0.15, 0.2) is 0 Å². The highest BCUT2D eigenvalue weighted by Crippen LogP contribution is 2.31. The summed E-state index contributed by atoms with van der Waals surface area (Å²) in [5.74, 6) is 1.12. The number of hydrogen-bond acceptors (Lipinski definition) is 4. The fraction of sp³-hybridized carbons (Fsp3) is 0.194. The van der Waals surface area contributed by atoms with Crippen molar-refractivity contribution in [3.05, 3.63) is 117 Å². The van der Waals surface area contributed by atoms with Crippen LogP contribution in [0.3, 0.4) is 0 Å². The van der Waals surface area contributed by atoms with E-state index in [0.717, 1.165) is 23.7 Å². The van der Waals surface area contributed by atoms with Crippen LogP contribution in [0.1, 0.15) is 28.8 Å². The minimum absolute atomic E-state index is 0.0195. The zero-order chi connectivity index (χ0) is 29.0. The quantitative estimate of drug-likeness (QED) is 0.204. The number of nitrogens with zero attached hydrogens (tertiary/aromatic N) is 1. The largest absolute Gasteiger partial charge is 0.456 e. The minimum Gasteiger partial charge on any atom is -0.456 e. The molecule has 0 unspecified atom stereocenters. The van der Waals surface area contributed by atoms with E-state index in [1.54, 1.807) is 47.4 Å². The van der Waals surface area contributed by atoms with Crippen LogP contribution in [-0.4, -0.2) is 32.3 Å². The molecule has 4 aromatic rings. The number of nitrogens with one attached hydrogen (secondary N) is 1. The van der Waals surface area contributed by atoms with Gasteiger partial charge >= 0.3 is 0 Å². The van der Waals surface area contributed by atoms with E-state index in [2.05, 4.69) is 32.8 Å². The van der Waals surface area contributed by atoms with Gasteiger partial charge < -0.3 is 9.64 Å². The molecule has 0 aliphatic carbocycles. The molecule has 212 valence electrons. The summed E-state index contributed by atoms with van der Waals surface area (Å²) in [6, 6.07) is 25.9. The van der Waals surface area contributed by atoms with Gasteiger partial charge in [-0.2, -0.15) is 0 Å². The van der Waals surface area contributed by atoms with Crippen LogP contribution in [0.2, 0.25) is 10.0 Å². The zero-order valence-electron chi connectivity index (χ0n) is 21.9. The number of hydrogen-bond donors (Lipinski definition) is 1. The van der Waals surface area contributed by atoms with Gasteiger partial charge in [0.25, 0.3) is 15.9 Å². The molecule has 0 radical (unpaired) electrons. The monoisotopic (exact) mass is 672 g/mol. The second-order valence-electron chi connectivity index (χ2n) is 9.87. The smallest absolute Gasteiger partial charge is 0.261 e. The maximum absolute atomic E-state index is 13.5. The molecule has 0 atom stereocenters. The number of sulfonamides is 1. The van der Waals surface area contributed by atoms with Gasteiger partial charge in [-0.25, -0.2) is 8.42 Å². The Balaban J connectivity index is 1.26. The molecule has 1 aliphatic heterocycles. The summed E-state index contributed by atoms with van der Waals surface area (Å²) in [5, 5.41) is 0.794. The van der Waals surface area contributed by atoms with Gasteiger partial charge in [-0.1, -0.05) is 63.4 Å². The van der Waals surface area contributed by atoms with Gasteiger partial charge in [0.05, 0.1) is 21.2 Å². The molecular formula is C31H27BrCl2N2O4S. The van der Waals surface area contributed by atoms with Crippen LogP contribution in [0.5, 0.6) is 11.5 Å². The number of para-hydroxylation sites is 1. The van der Waals surface area contributed by atoms with Gasteiger partial charge in [-0.15, -0.1) is 0 Å². The number of amides is 1. The van der Waals surface area contributed by atoms with Crippen LogP contribution in [0, 0.1) is 5.92 Å². The van der Waals surface area contributed by atoms with Gasteiger partial charge in [0.2, 0.25) is 0 Å². The topological polar surface area (TPSA) is 75.7 Å². The molecule has 0 saturated carbocycles. The van der Waals surface area contributed by atoms with Crippen LogP contribution < -0.4 is 9.46 Å².